The summed E-state index contributed by atoms with van der Waals surface area (Å²) in [5.74, 6) is 1.49. The molecule has 488 valence electrons. The molecule has 0 unspecified atom stereocenters. The molecule has 0 saturated heterocycles. The summed E-state index contributed by atoms with van der Waals surface area (Å²) in [6, 6.07) is 61.2. The van der Waals surface area contributed by atoms with Gasteiger partial charge in [-0.05, 0) is 153 Å². The van der Waals surface area contributed by atoms with Gasteiger partial charge >= 0.3 is 0 Å². The molecule has 7 heteroatoms. The van der Waals surface area contributed by atoms with Crippen molar-refractivity contribution in [3.8, 4) is 78.3 Å². The summed E-state index contributed by atoms with van der Waals surface area (Å²) in [5, 5.41) is 0. The highest BCUT2D eigenvalue weighted by atomic mass is 32.1. The zero-order valence-corrected chi connectivity index (χ0v) is 57.8. The number of aromatic nitrogens is 2. The van der Waals surface area contributed by atoms with Gasteiger partial charge in [0.1, 0.15) is 22.5 Å². The van der Waals surface area contributed by atoms with E-state index in [0.717, 1.165) is 40.9 Å². The first-order chi connectivity index (χ1) is 45.9. The third kappa shape index (κ3) is 16.3. The molecule has 0 N–H and O–H groups in total. The SMILES string of the molecule is CCCCCCCCC1(CCCCCCCC)c2cc(C)ccc2-c2ccc(-c3ccc(-c4ccc5c(c4)C(CCCCCCCC)(CCCCCCCC)c4cc(-c6ccc(OCOCOCOc7ccc(-c8ccccc8)cc7)cc6)ccc4-5)c4nsnc34)cc21. The molecule has 0 aliphatic heterocycles. The molecular weight excluding hydrogens is 1160 g/mol. The Labute approximate surface area is 562 Å². The number of unbranched alkanes of at least 4 members (excludes halogenated alkanes) is 20. The lowest BCUT2D eigenvalue weighted by Crippen LogP contribution is -2.25. The van der Waals surface area contributed by atoms with Crippen LogP contribution in [0.1, 0.15) is 235 Å². The second kappa shape index (κ2) is 34.0. The number of aryl methyl sites for hydroxylation is 1. The van der Waals surface area contributed by atoms with Gasteiger partial charge in [-0.1, -0.05) is 309 Å². The number of hydrogen-bond acceptors (Lipinski definition) is 7. The maximum atomic E-state index is 6.06. The van der Waals surface area contributed by atoms with Crippen molar-refractivity contribution < 1.29 is 18.9 Å². The first-order valence-corrected chi connectivity index (χ1v) is 37.1. The Bertz CT molecular complexity index is 3740. The van der Waals surface area contributed by atoms with Crippen molar-refractivity contribution in [1.29, 1.82) is 0 Å². The Morgan fingerprint density at radius 3 is 1.04 bits per heavy atom. The van der Waals surface area contributed by atoms with Crippen LogP contribution < -0.4 is 9.47 Å². The topological polar surface area (TPSA) is 62.7 Å². The lowest BCUT2D eigenvalue weighted by Gasteiger charge is -2.33. The number of ether oxygens (including phenoxy) is 4. The summed E-state index contributed by atoms with van der Waals surface area (Å²) in [6.45, 7) is 11.8. The van der Waals surface area contributed by atoms with Crippen LogP contribution in [0, 0.1) is 6.92 Å². The van der Waals surface area contributed by atoms with Gasteiger partial charge in [-0.3, -0.25) is 0 Å². The molecule has 1 heterocycles. The highest BCUT2D eigenvalue weighted by Gasteiger charge is 2.44. The zero-order chi connectivity index (χ0) is 64.1. The predicted octanol–water partition coefficient (Wildman–Crippen LogP) is 25.6. The molecule has 2 aliphatic rings. The van der Waals surface area contributed by atoms with Crippen molar-refractivity contribution in [3.63, 3.8) is 0 Å². The summed E-state index contributed by atoms with van der Waals surface area (Å²) in [5.41, 5.74) is 24.6. The third-order valence-corrected chi connectivity index (χ3v) is 21.2. The molecule has 93 heavy (non-hydrogen) atoms. The van der Waals surface area contributed by atoms with Crippen LogP contribution in [0.25, 0.3) is 77.8 Å². The molecule has 6 nitrogen and oxygen atoms in total. The van der Waals surface area contributed by atoms with Crippen LogP contribution in [0.4, 0.5) is 0 Å². The van der Waals surface area contributed by atoms with Crippen molar-refractivity contribution in [2.24, 2.45) is 0 Å². The van der Waals surface area contributed by atoms with Crippen LogP contribution in [0.2, 0.25) is 0 Å². The van der Waals surface area contributed by atoms with E-state index in [4.69, 9.17) is 27.7 Å². The molecule has 0 spiro atoms. The van der Waals surface area contributed by atoms with Crippen molar-refractivity contribution in [2.45, 2.75) is 225 Å². The lowest BCUT2D eigenvalue weighted by atomic mass is 9.70. The Morgan fingerprint density at radius 1 is 0.301 bits per heavy atom. The summed E-state index contributed by atoms with van der Waals surface area (Å²) >= 11 is 1.36. The quantitative estimate of drug-likeness (QED) is 0.0282. The zero-order valence-electron chi connectivity index (χ0n) is 56.9. The number of rotatable bonds is 40. The fourth-order valence-corrected chi connectivity index (χ4v) is 16.1. The minimum absolute atomic E-state index is 0.00403. The van der Waals surface area contributed by atoms with Gasteiger partial charge in [-0.15, -0.1) is 0 Å². The monoisotopic (exact) mass is 1260 g/mol. The molecule has 0 saturated carbocycles. The first-order valence-electron chi connectivity index (χ1n) is 36.4. The lowest BCUT2D eigenvalue weighted by molar-refractivity contribution is -0.130. The van der Waals surface area contributed by atoms with Gasteiger partial charge in [-0.2, -0.15) is 8.75 Å². The number of nitrogens with zero attached hydrogens (tertiary/aromatic N) is 2. The van der Waals surface area contributed by atoms with Crippen LogP contribution in [-0.4, -0.2) is 29.1 Å². The molecule has 0 fully saturated rings. The minimum Gasteiger partial charge on any atom is -0.467 e. The van der Waals surface area contributed by atoms with E-state index in [1.54, 1.807) is 5.56 Å². The minimum atomic E-state index is -0.121. The fourth-order valence-electron chi connectivity index (χ4n) is 15.6. The number of hydrogen-bond donors (Lipinski definition) is 0. The second-order valence-corrected chi connectivity index (χ2v) is 27.7. The van der Waals surface area contributed by atoms with Crippen molar-refractivity contribution in [3.05, 3.63) is 192 Å². The maximum absolute atomic E-state index is 6.06. The van der Waals surface area contributed by atoms with E-state index in [2.05, 4.69) is 168 Å². The van der Waals surface area contributed by atoms with Crippen LogP contribution in [-0.2, 0) is 20.3 Å². The molecule has 8 aromatic carbocycles. The average Bonchev–Trinajstić information content (AvgIpc) is 1.58. The summed E-state index contributed by atoms with van der Waals surface area (Å²) in [6.07, 6.45) is 35.8. The van der Waals surface area contributed by atoms with Crippen molar-refractivity contribution in [2.75, 3.05) is 20.4 Å². The van der Waals surface area contributed by atoms with Crippen LogP contribution in [0.5, 0.6) is 11.5 Å². The predicted molar refractivity (Wildman–Crippen MR) is 393 cm³/mol. The highest BCUT2D eigenvalue weighted by molar-refractivity contribution is 7.00. The van der Waals surface area contributed by atoms with Crippen molar-refractivity contribution in [1.82, 2.24) is 8.75 Å². The van der Waals surface area contributed by atoms with Gasteiger partial charge in [0.15, 0.2) is 20.4 Å². The summed E-state index contributed by atoms with van der Waals surface area (Å²) in [4.78, 5) is 0. The van der Waals surface area contributed by atoms with E-state index in [0.29, 0.717) is 0 Å². The van der Waals surface area contributed by atoms with Gasteiger partial charge in [0.2, 0.25) is 0 Å². The molecule has 0 atom stereocenters. The van der Waals surface area contributed by atoms with Gasteiger partial charge < -0.3 is 18.9 Å². The maximum Gasteiger partial charge on any atom is 0.191 e. The van der Waals surface area contributed by atoms with E-state index >= 15 is 0 Å². The standard InChI is InChI=1S/C86H104N2O4S/c1-6-10-14-18-22-29-53-85(54-30-23-19-15-11-7-2)79-57-64(5)35-47-75(79)77-49-41-69(59-81(77)85)73-51-52-74(84-83(73)87-93-88-84)70-42-50-78-76-48-40-68(58-80(76)86(82(78)60-70,55-31-24-20-16-12-8-3)56-32-25-21-17-13-9-4)67-38-45-72(46-39-67)92-63-90-61-89-62-91-71-43-36-66(37-44-71)65-33-27-26-28-34-65/h26-28,33-52,57-60H,6-25,29-32,53-56,61-63H2,1-5H3. The van der Waals surface area contributed by atoms with Crippen LogP contribution >= 0.6 is 11.7 Å². The molecule has 0 radical (unpaired) electrons. The highest BCUT2D eigenvalue weighted by Crippen LogP contribution is 2.58. The molecule has 2 aliphatic carbocycles. The number of fused-ring (bicyclic) bond motifs is 7. The van der Waals surface area contributed by atoms with Gasteiger partial charge in [0, 0.05) is 22.0 Å². The molecule has 0 bridgehead atoms. The largest absolute Gasteiger partial charge is 0.467 e. The molecule has 9 aromatic rings. The van der Waals surface area contributed by atoms with Gasteiger partial charge in [-0.25, -0.2) is 0 Å². The van der Waals surface area contributed by atoms with Crippen LogP contribution in [0.15, 0.2) is 164 Å². The second-order valence-electron chi connectivity index (χ2n) is 27.2. The summed E-state index contributed by atoms with van der Waals surface area (Å²) in [7, 11) is 0. The number of benzene rings is 8. The van der Waals surface area contributed by atoms with E-state index in [-0.39, 0.29) is 31.2 Å². The van der Waals surface area contributed by atoms with Crippen molar-refractivity contribution >= 4 is 22.8 Å². The molecule has 0 amide bonds. The smallest absolute Gasteiger partial charge is 0.191 e. The normalized spacial score (nSPS) is 13.3. The van der Waals surface area contributed by atoms with E-state index in [1.165, 1.54) is 262 Å². The Hall–Kier alpha value is -6.90. The van der Waals surface area contributed by atoms with Gasteiger partial charge in [0.05, 0.1) is 11.7 Å². The fraction of sp³-hybridized carbons (Fsp3) is 0.442. The van der Waals surface area contributed by atoms with Crippen LogP contribution in [0.3, 0.4) is 0 Å². The Morgan fingerprint density at radius 2 is 0.624 bits per heavy atom. The Kier molecular flexibility index (Phi) is 24.7. The third-order valence-electron chi connectivity index (χ3n) is 20.7. The molecule has 1 aromatic heterocycles. The molecular formula is C86H104N2O4S. The molecule has 11 rings (SSSR count). The van der Waals surface area contributed by atoms with E-state index in [1.807, 2.05) is 30.3 Å². The average molecular weight is 1260 g/mol. The van der Waals surface area contributed by atoms with Gasteiger partial charge in [0.25, 0.3) is 0 Å². The Balaban J connectivity index is 0.857. The van der Waals surface area contributed by atoms with E-state index in [9.17, 15) is 0 Å². The first kappa shape index (κ1) is 67.5. The van der Waals surface area contributed by atoms with E-state index < -0.39 is 0 Å². The summed E-state index contributed by atoms with van der Waals surface area (Å²) < 4.78 is 33.6.